The Balaban J connectivity index is 3.07. The number of nitrogens with zero attached hydrogens (tertiary/aromatic N) is 2. The van der Waals surface area contributed by atoms with E-state index in [0.29, 0.717) is 0 Å². The number of rotatable bonds is 4. The van der Waals surface area contributed by atoms with Crippen LogP contribution in [0.15, 0.2) is 18.2 Å². The van der Waals surface area contributed by atoms with Crippen molar-refractivity contribution in [2.24, 2.45) is 0 Å². The molecular formula is C13H14ClFN2O. The molecule has 5 heteroatoms. The lowest BCUT2D eigenvalue weighted by Gasteiger charge is -2.26. The fourth-order valence-electron chi connectivity index (χ4n) is 1.61. The summed E-state index contributed by atoms with van der Waals surface area (Å²) in [6, 6.07) is 5.96. The number of carbonyl (C=O) groups is 1. The molecule has 0 saturated heterocycles. The van der Waals surface area contributed by atoms with E-state index in [1.54, 1.807) is 0 Å². The molecule has 0 aliphatic heterocycles. The van der Waals surface area contributed by atoms with Crippen LogP contribution in [-0.2, 0) is 0 Å². The third-order valence-corrected chi connectivity index (χ3v) is 2.84. The van der Waals surface area contributed by atoms with Crippen molar-refractivity contribution < 1.29 is 9.18 Å². The molecule has 18 heavy (non-hydrogen) atoms. The van der Waals surface area contributed by atoms with Gasteiger partial charge in [0, 0.05) is 12.6 Å². The van der Waals surface area contributed by atoms with Crippen molar-refractivity contribution >= 4 is 17.5 Å². The Morgan fingerprint density at radius 1 is 1.56 bits per heavy atom. The van der Waals surface area contributed by atoms with E-state index in [1.165, 1.54) is 23.1 Å². The zero-order chi connectivity index (χ0) is 13.7. The average molecular weight is 269 g/mol. The van der Waals surface area contributed by atoms with Gasteiger partial charge in [-0.05, 0) is 26.0 Å². The number of halogens is 2. The maximum Gasteiger partial charge on any atom is 0.258 e. The average Bonchev–Trinajstić information content (AvgIpc) is 2.28. The van der Waals surface area contributed by atoms with Crippen molar-refractivity contribution in [2.75, 3.05) is 6.54 Å². The van der Waals surface area contributed by atoms with Gasteiger partial charge in [0.05, 0.1) is 23.1 Å². The minimum Gasteiger partial charge on any atom is -0.335 e. The second-order valence-electron chi connectivity index (χ2n) is 4.10. The number of hydrogen-bond donors (Lipinski definition) is 0. The number of nitriles is 1. The second-order valence-corrected chi connectivity index (χ2v) is 4.50. The first-order valence-corrected chi connectivity index (χ1v) is 5.98. The van der Waals surface area contributed by atoms with Crippen molar-refractivity contribution in [1.82, 2.24) is 4.90 Å². The Morgan fingerprint density at radius 2 is 2.22 bits per heavy atom. The Bertz CT molecular complexity index is 462. The predicted molar refractivity (Wildman–Crippen MR) is 67.8 cm³/mol. The Morgan fingerprint density at radius 3 is 2.72 bits per heavy atom. The summed E-state index contributed by atoms with van der Waals surface area (Å²) in [7, 11) is 0. The summed E-state index contributed by atoms with van der Waals surface area (Å²) in [5.74, 6) is -1.13. The molecule has 1 rings (SSSR count). The van der Waals surface area contributed by atoms with Crippen LogP contribution in [-0.4, -0.2) is 23.4 Å². The molecule has 0 radical (unpaired) electrons. The van der Waals surface area contributed by atoms with Gasteiger partial charge in [0.2, 0.25) is 0 Å². The minimum absolute atomic E-state index is 0.0857. The van der Waals surface area contributed by atoms with E-state index in [9.17, 15) is 9.18 Å². The predicted octanol–water partition coefficient (Wildman–Crippen LogP) is 3.24. The zero-order valence-electron chi connectivity index (χ0n) is 10.3. The van der Waals surface area contributed by atoms with Crippen molar-refractivity contribution in [3.05, 3.63) is 34.6 Å². The standard InChI is InChI=1S/C13H14ClFN2O/c1-9(2)17(8-4-7-16)13(18)12-10(14)5-3-6-11(12)15/h3,5-6,9H,4,8H2,1-2H3. The van der Waals surface area contributed by atoms with Crippen molar-refractivity contribution in [3.8, 4) is 6.07 Å². The fourth-order valence-corrected chi connectivity index (χ4v) is 1.85. The van der Waals surface area contributed by atoms with Crippen LogP contribution in [0.5, 0.6) is 0 Å². The number of amides is 1. The van der Waals surface area contributed by atoms with Crippen LogP contribution in [0.4, 0.5) is 4.39 Å². The van der Waals surface area contributed by atoms with E-state index < -0.39 is 11.7 Å². The summed E-state index contributed by atoms with van der Waals surface area (Å²) in [6.45, 7) is 3.88. The van der Waals surface area contributed by atoms with Crippen LogP contribution in [0.3, 0.4) is 0 Å². The van der Waals surface area contributed by atoms with Crippen LogP contribution < -0.4 is 0 Å². The van der Waals surface area contributed by atoms with Gasteiger partial charge in [-0.25, -0.2) is 4.39 Å². The quantitative estimate of drug-likeness (QED) is 0.841. The topological polar surface area (TPSA) is 44.1 Å². The maximum atomic E-state index is 13.6. The molecule has 0 aliphatic carbocycles. The molecule has 0 N–H and O–H groups in total. The van der Waals surface area contributed by atoms with E-state index in [1.807, 2.05) is 19.9 Å². The molecule has 0 spiro atoms. The summed E-state index contributed by atoms with van der Waals surface area (Å²) in [5.41, 5.74) is -0.134. The fraction of sp³-hybridized carbons (Fsp3) is 0.385. The maximum absolute atomic E-state index is 13.6. The molecule has 0 saturated carbocycles. The molecular weight excluding hydrogens is 255 g/mol. The Hall–Kier alpha value is -1.60. The molecule has 1 aromatic rings. The van der Waals surface area contributed by atoms with Crippen molar-refractivity contribution in [3.63, 3.8) is 0 Å². The van der Waals surface area contributed by atoms with Gasteiger partial charge in [0.15, 0.2) is 0 Å². The molecule has 96 valence electrons. The first-order valence-electron chi connectivity index (χ1n) is 5.61. The third-order valence-electron chi connectivity index (χ3n) is 2.53. The van der Waals surface area contributed by atoms with E-state index >= 15 is 0 Å². The molecule has 0 aromatic heterocycles. The lowest BCUT2D eigenvalue weighted by atomic mass is 10.1. The van der Waals surface area contributed by atoms with E-state index in [0.717, 1.165) is 0 Å². The zero-order valence-corrected chi connectivity index (χ0v) is 11.0. The highest BCUT2D eigenvalue weighted by molar-refractivity contribution is 6.33. The van der Waals surface area contributed by atoms with Crippen molar-refractivity contribution in [1.29, 1.82) is 5.26 Å². The van der Waals surface area contributed by atoms with E-state index in [-0.39, 0.29) is 29.6 Å². The minimum atomic E-state index is -0.643. The highest BCUT2D eigenvalue weighted by Gasteiger charge is 2.23. The third kappa shape index (κ3) is 3.21. The van der Waals surface area contributed by atoms with Gasteiger partial charge in [-0.3, -0.25) is 4.79 Å². The molecule has 0 aliphatic rings. The van der Waals surface area contributed by atoms with Gasteiger partial charge >= 0.3 is 0 Å². The smallest absolute Gasteiger partial charge is 0.258 e. The molecule has 0 bridgehead atoms. The van der Waals surface area contributed by atoms with E-state index in [4.69, 9.17) is 16.9 Å². The Kier molecular flexibility index (Phi) is 5.11. The number of hydrogen-bond acceptors (Lipinski definition) is 2. The lowest BCUT2D eigenvalue weighted by Crippen LogP contribution is -2.38. The molecule has 1 amide bonds. The van der Waals surface area contributed by atoms with Gasteiger partial charge in [0.25, 0.3) is 5.91 Å². The van der Waals surface area contributed by atoms with Crippen LogP contribution in [0.25, 0.3) is 0 Å². The monoisotopic (exact) mass is 268 g/mol. The summed E-state index contributed by atoms with van der Waals surface area (Å²) < 4.78 is 13.6. The van der Waals surface area contributed by atoms with E-state index in [2.05, 4.69) is 0 Å². The largest absolute Gasteiger partial charge is 0.335 e. The SMILES string of the molecule is CC(C)N(CCC#N)C(=O)c1c(F)cccc1Cl. The van der Waals surface area contributed by atoms with Gasteiger partial charge in [-0.1, -0.05) is 17.7 Å². The van der Waals surface area contributed by atoms with Gasteiger partial charge in [-0.15, -0.1) is 0 Å². The van der Waals surface area contributed by atoms with Crippen molar-refractivity contribution in [2.45, 2.75) is 26.3 Å². The summed E-state index contributed by atoms with van der Waals surface area (Å²) >= 11 is 5.85. The van der Waals surface area contributed by atoms with Crippen LogP contribution >= 0.6 is 11.6 Å². The molecule has 0 atom stereocenters. The number of benzene rings is 1. The summed E-state index contributed by atoms with van der Waals surface area (Å²) in [5, 5.41) is 8.66. The Labute approximate surface area is 111 Å². The molecule has 0 unspecified atom stereocenters. The first kappa shape index (κ1) is 14.5. The second kappa shape index (κ2) is 6.36. The highest BCUT2D eigenvalue weighted by Crippen LogP contribution is 2.21. The van der Waals surface area contributed by atoms with Gasteiger partial charge in [-0.2, -0.15) is 5.26 Å². The van der Waals surface area contributed by atoms with Crippen LogP contribution in [0.2, 0.25) is 5.02 Å². The van der Waals surface area contributed by atoms with Gasteiger partial charge < -0.3 is 4.90 Å². The van der Waals surface area contributed by atoms with Crippen LogP contribution in [0, 0.1) is 17.1 Å². The summed E-state index contributed by atoms with van der Waals surface area (Å²) in [6.07, 6.45) is 0.204. The van der Waals surface area contributed by atoms with Crippen LogP contribution in [0.1, 0.15) is 30.6 Å². The summed E-state index contributed by atoms with van der Waals surface area (Å²) in [4.78, 5) is 13.7. The molecule has 3 nitrogen and oxygen atoms in total. The van der Waals surface area contributed by atoms with Gasteiger partial charge in [0.1, 0.15) is 5.82 Å². The lowest BCUT2D eigenvalue weighted by molar-refractivity contribution is 0.0705. The number of carbonyl (C=O) groups excluding carboxylic acids is 1. The highest BCUT2D eigenvalue weighted by atomic mass is 35.5. The molecule has 0 heterocycles. The molecule has 0 fully saturated rings. The normalized spacial score (nSPS) is 10.2. The molecule has 1 aromatic carbocycles. The first-order chi connectivity index (χ1) is 8.49.